The highest BCUT2D eigenvalue weighted by molar-refractivity contribution is 6.08. The summed E-state index contributed by atoms with van der Waals surface area (Å²) in [7, 11) is 0. The van der Waals surface area contributed by atoms with Gasteiger partial charge in [-0.25, -0.2) is 24.7 Å². The standard InChI is InChI=1S/C36H53N7O4.C35H45N7O7.C5H13N/c1-3-5-9-21-38-31(45)20-19-27(44)24-40-36(47)26-17-15-25(16-18-26)35(46)39-22-10-11-23-43-30(14-6-4-2)42-32-33(43)28-12-7-8-13-29(28)41-34(32)37;1-2-3-10-27-40-32-33(24-8-4-5-9-25(24)39-34(32)36)41(27)20-7-6-19-37-35(48)23-13-11-22(12-14-23)26(43)15-16-28(44)38-21-31(47)49-42-29(45)17-18-30(42)46;1-2-3-4-5-6/h7-8,12-13,25-26H,3-6,9-11,14-24H2,1-2H3,(H2,37,41)(H,38,45)(H,39,46)(H,40,47);4-5,8-9,22-23H,2-3,6-7,10-21H2,1H3,(H2,36,39)(H,37,48)(H,38,44);2-6H2,1H3. The fourth-order valence-corrected chi connectivity index (χ4v) is 13.4. The van der Waals surface area contributed by atoms with E-state index in [-0.39, 0.29) is 104 Å². The molecule has 1 aliphatic heterocycles. The predicted octanol–water partition coefficient (Wildman–Crippen LogP) is 9.40. The number of Topliss-reactive ketones (excluding diaryl/α,β-unsaturated/α-hetero) is 2. The Morgan fingerprint density at radius 1 is 0.471 bits per heavy atom. The monoisotopic (exact) mass is 1410 g/mol. The van der Waals surface area contributed by atoms with Gasteiger partial charge in [-0.2, -0.15) is 0 Å². The lowest BCUT2D eigenvalue weighted by Crippen LogP contribution is -2.39. The third kappa shape index (κ3) is 24.1. The molecule has 2 aromatic carbocycles. The lowest BCUT2D eigenvalue weighted by Gasteiger charge is -2.27. The minimum absolute atomic E-state index is 0.0102. The molecule has 26 nitrogen and oxygen atoms in total. The molecule has 6 aromatic rings. The summed E-state index contributed by atoms with van der Waals surface area (Å²) in [6.45, 7) is 12.2. The highest BCUT2D eigenvalue weighted by atomic mass is 16.7. The van der Waals surface area contributed by atoms with Crippen LogP contribution in [0.5, 0.6) is 0 Å². The molecule has 3 aliphatic rings. The number of ketones is 2. The zero-order valence-corrected chi connectivity index (χ0v) is 60.7. The number of benzene rings is 2. The number of nitrogens with zero attached hydrogens (tertiary/aromatic N) is 7. The van der Waals surface area contributed by atoms with Gasteiger partial charge in [-0.1, -0.05) is 103 Å². The lowest BCUT2D eigenvalue weighted by molar-refractivity contribution is -0.196. The van der Waals surface area contributed by atoms with Gasteiger partial charge in [-0.3, -0.25) is 43.2 Å². The Labute approximate surface area is 599 Å². The third-order valence-corrected chi connectivity index (χ3v) is 19.4. The lowest BCUT2D eigenvalue weighted by atomic mass is 9.79. The van der Waals surface area contributed by atoms with E-state index in [9.17, 15) is 47.9 Å². The van der Waals surface area contributed by atoms with Crippen LogP contribution in [0.1, 0.15) is 219 Å². The number of imidazole rings is 2. The van der Waals surface area contributed by atoms with Gasteiger partial charge in [-0.05, 0) is 121 Å². The van der Waals surface area contributed by atoms with Crippen LogP contribution in [-0.4, -0.2) is 132 Å². The zero-order valence-electron chi connectivity index (χ0n) is 60.7. The summed E-state index contributed by atoms with van der Waals surface area (Å²) in [5.74, 6) is -0.778. The van der Waals surface area contributed by atoms with Crippen molar-refractivity contribution in [3.05, 3.63) is 60.2 Å². The summed E-state index contributed by atoms with van der Waals surface area (Å²) in [4.78, 5) is 146. The summed E-state index contributed by atoms with van der Waals surface area (Å²) in [6, 6.07) is 16.0. The van der Waals surface area contributed by atoms with Crippen molar-refractivity contribution in [3.8, 4) is 0 Å². The molecular formula is C76H111N15O11. The molecule has 11 N–H and O–H groups in total. The number of imide groups is 1. The van der Waals surface area contributed by atoms with Crippen LogP contribution in [-0.2, 0) is 78.7 Å². The van der Waals surface area contributed by atoms with Crippen molar-refractivity contribution < 1.29 is 52.8 Å². The van der Waals surface area contributed by atoms with Crippen LogP contribution in [0.3, 0.4) is 0 Å². The Kier molecular flexibility index (Phi) is 33.5. The molecule has 9 rings (SSSR count). The maximum atomic E-state index is 12.9. The SMILES string of the molecule is CCCCCN.CCCCCNC(=O)CCC(=O)CNC(=O)C1CCC(C(=O)NCCCCn2c(CCCC)nc3c(N)nc4ccccc4c32)CC1.CCCCc1nc2c(N)nc3ccccc3c2n1CCCCNC(=O)C1CCC(C(=O)CCC(=O)NCC(=O)ON2C(=O)CCC2=O)CC1. The second-order valence-electron chi connectivity index (χ2n) is 27.2. The molecule has 0 bridgehead atoms. The van der Waals surface area contributed by atoms with E-state index in [4.69, 9.17) is 32.0 Å². The van der Waals surface area contributed by atoms with Crippen LogP contribution in [0.25, 0.3) is 43.9 Å². The molecule has 3 fully saturated rings. The molecule has 0 unspecified atom stereocenters. The Morgan fingerprint density at radius 3 is 1.36 bits per heavy atom. The van der Waals surface area contributed by atoms with Crippen LogP contribution in [0, 0.1) is 23.7 Å². The van der Waals surface area contributed by atoms with Gasteiger partial charge in [-0.15, -0.1) is 5.06 Å². The normalized spacial score (nSPS) is 16.6. The largest absolute Gasteiger partial charge is 0.382 e. The van der Waals surface area contributed by atoms with Gasteiger partial charge in [0.05, 0.1) is 28.6 Å². The van der Waals surface area contributed by atoms with Crippen LogP contribution in [0.15, 0.2) is 48.5 Å². The number of unbranched alkanes of at least 4 members (excludes halogenated alkanes) is 8. The van der Waals surface area contributed by atoms with Gasteiger partial charge in [0, 0.05) is 119 Å². The Morgan fingerprint density at radius 2 is 0.892 bits per heavy atom. The number of anilines is 2. The second-order valence-corrected chi connectivity index (χ2v) is 27.2. The van der Waals surface area contributed by atoms with Crippen LogP contribution >= 0.6 is 0 Å². The number of para-hydroxylation sites is 2. The first kappa shape index (κ1) is 80.4. The fraction of sp³-hybridized carbons (Fsp3) is 0.605. The van der Waals surface area contributed by atoms with Crippen LogP contribution < -0.4 is 43.8 Å². The van der Waals surface area contributed by atoms with E-state index in [0.29, 0.717) is 87.7 Å². The summed E-state index contributed by atoms with van der Waals surface area (Å²) in [5, 5.41) is 16.6. The van der Waals surface area contributed by atoms with E-state index in [1.54, 1.807) is 0 Å². The van der Waals surface area contributed by atoms with Crippen LogP contribution in [0.2, 0.25) is 0 Å². The third-order valence-electron chi connectivity index (χ3n) is 19.4. The van der Waals surface area contributed by atoms with Gasteiger partial charge >= 0.3 is 5.97 Å². The summed E-state index contributed by atoms with van der Waals surface area (Å²) < 4.78 is 4.56. The minimum atomic E-state index is -0.944. The number of hydrogen-bond acceptors (Lipinski definition) is 18. The molecule has 4 aromatic heterocycles. The van der Waals surface area contributed by atoms with Gasteiger partial charge in [0.2, 0.25) is 29.5 Å². The van der Waals surface area contributed by atoms with Crippen molar-refractivity contribution in [2.24, 2.45) is 29.4 Å². The average molecular weight is 1410 g/mol. The highest BCUT2D eigenvalue weighted by Gasteiger charge is 2.34. The molecule has 0 radical (unpaired) electrons. The van der Waals surface area contributed by atoms with Gasteiger partial charge in [0.25, 0.3) is 11.8 Å². The Bertz CT molecular complexity index is 3770. The van der Waals surface area contributed by atoms with E-state index in [1.807, 2.05) is 36.4 Å². The fourth-order valence-electron chi connectivity index (χ4n) is 13.4. The van der Waals surface area contributed by atoms with Crippen molar-refractivity contribution in [1.29, 1.82) is 0 Å². The van der Waals surface area contributed by atoms with Crippen molar-refractivity contribution >= 4 is 114 Å². The second kappa shape index (κ2) is 42.5. The molecule has 1 saturated heterocycles. The number of hydrogen-bond donors (Lipinski definition) is 8. The van der Waals surface area contributed by atoms with E-state index in [2.05, 4.69) is 85.5 Å². The summed E-state index contributed by atoms with van der Waals surface area (Å²) in [6.07, 6.45) is 21.3. The molecule has 2 saturated carbocycles. The first-order chi connectivity index (χ1) is 49.4. The summed E-state index contributed by atoms with van der Waals surface area (Å²) >= 11 is 0. The number of aromatic nitrogens is 6. The molecule has 556 valence electrons. The van der Waals surface area contributed by atoms with Crippen molar-refractivity contribution in [3.63, 3.8) is 0 Å². The number of rotatable bonds is 38. The zero-order chi connectivity index (χ0) is 73.3. The Balaban J connectivity index is 0.000000265. The smallest absolute Gasteiger partial charge is 0.352 e. The molecule has 26 heteroatoms. The van der Waals surface area contributed by atoms with Crippen LogP contribution in [0.4, 0.5) is 11.6 Å². The van der Waals surface area contributed by atoms with Crippen molar-refractivity contribution in [2.75, 3.05) is 50.7 Å². The number of nitrogens with two attached hydrogens (primary N) is 3. The highest BCUT2D eigenvalue weighted by Crippen LogP contribution is 2.34. The number of aryl methyl sites for hydroxylation is 4. The number of nitrogens with one attached hydrogen (secondary N) is 5. The minimum Gasteiger partial charge on any atom is -0.382 e. The maximum absolute atomic E-state index is 12.9. The van der Waals surface area contributed by atoms with Crippen molar-refractivity contribution in [2.45, 2.75) is 233 Å². The number of carbonyl (C=O) groups is 10. The van der Waals surface area contributed by atoms with Gasteiger partial charge in [0.15, 0.2) is 17.4 Å². The van der Waals surface area contributed by atoms with Crippen molar-refractivity contribution in [1.82, 2.24) is 60.7 Å². The molecule has 0 spiro atoms. The number of pyridine rings is 2. The molecule has 5 heterocycles. The molecule has 0 atom stereocenters. The first-order valence-electron chi connectivity index (χ1n) is 37.6. The van der Waals surface area contributed by atoms with E-state index >= 15 is 0 Å². The summed E-state index contributed by atoms with van der Waals surface area (Å²) in [5.41, 5.74) is 23.1. The number of amides is 7. The van der Waals surface area contributed by atoms with E-state index in [0.717, 1.165) is 159 Å². The number of carbonyl (C=O) groups excluding carboxylic acids is 10. The number of hydroxylamine groups is 2. The number of fused-ring (bicyclic) bond motifs is 6. The first-order valence-corrected chi connectivity index (χ1v) is 37.6. The van der Waals surface area contributed by atoms with Gasteiger partial charge < -0.3 is 57.8 Å². The number of nitrogen functional groups attached to an aromatic ring is 2. The molecule has 2 aliphatic carbocycles. The average Bonchev–Trinajstić information content (AvgIpc) is 1.59. The maximum Gasteiger partial charge on any atom is 0.352 e. The van der Waals surface area contributed by atoms with E-state index in [1.165, 1.54) is 19.3 Å². The molecule has 7 amide bonds. The topological polar surface area (TPSA) is 383 Å². The Hall–Kier alpha value is -8.94. The quantitative estimate of drug-likeness (QED) is 0.0132. The van der Waals surface area contributed by atoms with Gasteiger partial charge in [0.1, 0.15) is 35.0 Å². The van der Waals surface area contributed by atoms with E-state index < -0.39 is 30.2 Å². The predicted molar refractivity (Wildman–Crippen MR) is 394 cm³/mol. The molecule has 102 heavy (non-hydrogen) atoms. The molecular weight excluding hydrogens is 1300 g/mol.